The van der Waals surface area contributed by atoms with Crippen LogP contribution in [-0.2, 0) is 0 Å². The van der Waals surface area contributed by atoms with E-state index in [1.165, 1.54) is 0 Å². The number of benzene rings is 1. The Labute approximate surface area is 117 Å². The number of nitrogens with one attached hydrogen (secondary N) is 1. The van der Waals surface area contributed by atoms with Gasteiger partial charge in [-0.05, 0) is 37.8 Å². The monoisotopic (exact) mass is 287 g/mol. The number of hydrogen-bond acceptors (Lipinski definition) is 2. The molecule has 0 aliphatic heterocycles. The first-order valence-electron chi connectivity index (χ1n) is 7.03. The van der Waals surface area contributed by atoms with Crippen LogP contribution in [0.3, 0.4) is 0 Å². The van der Waals surface area contributed by atoms with E-state index in [1.54, 1.807) is 0 Å². The van der Waals surface area contributed by atoms with Crippen molar-refractivity contribution in [2.45, 2.75) is 37.9 Å². The zero-order chi connectivity index (χ0) is 14.4. The Morgan fingerprint density at radius 2 is 1.70 bits per heavy atom. The third-order valence-corrected chi connectivity index (χ3v) is 3.74. The summed E-state index contributed by atoms with van der Waals surface area (Å²) in [6.45, 7) is 1.19. The standard InChI is InChI=1S/C15H20F3NO/c16-15(17,18)12-6-8-13(9-7-12)19-10-11-20-14-4-2-1-3-5-14/h1-5,12-13,19H,6-11H2. The van der Waals surface area contributed by atoms with E-state index in [2.05, 4.69) is 5.32 Å². The van der Waals surface area contributed by atoms with Gasteiger partial charge in [0.2, 0.25) is 0 Å². The zero-order valence-electron chi connectivity index (χ0n) is 11.3. The molecule has 1 aliphatic rings. The number of halogens is 3. The molecule has 1 aromatic rings. The molecule has 0 bridgehead atoms. The Bertz CT molecular complexity index is 386. The van der Waals surface area contributed by atoms with Crippen LogP contribution in [0.1, 0.15) is 25.7 Å². The molecule has 0 amide bonds. The minimum Gasteiger partial charge on any atom is -0.492 e. The number of alkyl halides is 3. The Hall–Kier alpha value is -1.23. The molecule has 2 rings (SSSR count). The largest absolute Gasteiger partial charge is 0.492 e. The topological polar surface area (TPSA) is 21.3 Å². The smallest absolute Gasteiger partial charge is 0.391 e. The fourth-order valence-corrected chi connectivity index (χ4v) is 2.57. The molecule has 1 fully saturated rings. The summed E-state index contributed by atoms with van der Waals surface area (Å²) in [5, 5.41) is 3.27. The molecule has 0 heterocycles. The second-order valence-corrected chi connectivity index (χ2v) is 5.21. The van der Waals surface area contributed by atoms with Crippen LogP contribution in [0, 0.1) is 5.92 Å². The van der Waals surface area contributed by atoms with Crippen molar-refractivity contribution in [1.82, 2.24) is 5.32 Å². The van der Waals surface area contributed by atoms with E-state index in [1.807, 2.05) is 30.3 Å². The average Bonchev–Trinajstić information content (AvgIpc) is 2.44. The van der Waals surface area contributed by atoms with Crippen molar-refractivity contribution in [3.8, 4) is 5.75 Å². The van der Waals surface area contributed by atoms with Crippen LogP contribution < -0.4 is 10.1 Å². The van der Waals surface area contributed by atoms with Crippen molar-refractivity contribution in [1.29, 1.82) is 0 Å². The summed E-state index contributed by atoms with van der Waals surface area (Å²) in [5.74, 6) is -0.295. The first kappa shape index (κ1) is 15.2. The molecule has 1 aromatic carbocycles. The van der Waals surface area contributed by atoms with Crippen LogP contribution in [0.25, 0.3) is 0 Å². The predicted octanol–water partition coefficient (Wildman–Crippen LogP) is 3.78. The van der Waals surface area contributed by atoms with E-state index < -0.39 is 12.1 Å². The summed E-state index contributed by atoms with van der Waals surface area (Å²) in [6.07, 6.45) is -2.37. The first-order valence-corrected chi connectivity index (χ1v) is 7.03. The van der Waals surface area contributed by atoms with Crippen LogP contribution in [-0.4, -0.2) is 25.4 Å². The molecule has 0 spiro atoms. The van der Waals surface area contributed by atoms with Gasteiger partial charge in [0, 0.05) is 12.6 Å². The lowest BCUT2D eigenvalue weighted by molar-refractivity contribution is -0.182. The fraction of sp³-hybridized carbons (Fsp3) is 0.600. The van der Waals surface area contributed by atoms with Gasteiger partial charge in [-0.1, -0.05) is 18.2 Å². The van der Waals surface area contributed by atoms with Gasteiger partial charge in [-0.2, -0.15) is 13.2 Å². The van der Waals surface area contributed by atoms with Gasteiger partial charge in [0.15, 0.2) is 0 Å². The molecule has 1 N–H and O–H groups in total. The van der Waals surface area contributed by atoms with Crippen LogP contribution in [0.5, 0.6) is 5.75 Å². The molecule has 0 atom stereocenters. The van der Waals surface area contributed by atoms with E-state index in [4.69, 9.17) is 4.74 Å². The maximum atomic E-state index is 12.5. The third kappa shape index (κ3) is 4.71. The highest BCUT2D eigenvalue weighted by atomic mass is 19.4. The molecule has 1 saturated carbocycles. The quantitative estimate of drug-likeness (QED) is 0.832. The van der Waals surface area contributed by atoms with Crippen molar-refractivity contribution < 1.29 is 17.9 Å². The van der Waals surface area contributed by atoms with E-state index in [9.17, 15) is 13.2 Å². The van der Waals surface area contributed by atoms with Crippen LogP contribution in [0.4, 0.5) is 13.2 Å². The lowest BCUT2D eigenvalue weighted by Crippen LogP contribution is -2.38. The zero-order valence-corrected chi connectivity index (χ0v) is 11.3. The fourth-order valence-electron chi connectivity index (χ4n) is 2.57. The predicted molar refractivity (Wildman–Crippen MR) is 71.7 cm³/mol. The summed E-state index contributed by atoms with van der Waals surface area (Å²) >= 11 is 0. The van der Waals surface area contributed by atoms with Crippen LogP contribution >= 0.6 is 0 Å². The van der Waals surface area contributed by atoms with Crippen molar-refractivity contribution in [2.24, 2.45) is 5.92 Å². The van der Waals surface area contributed by atoms with Crippen molar-refractivity contribution >= 4 is 0 Å². The first-order chi connectivity index (χ1) is 9.55. The molecule has 20 heavy (non-hydrogen) atoms. The van der Waals surface area contributed by atoms with Crippen LogP contribution in [0.15, 0.2) is 30.3 Å². The SMILES string of the molecule is FC(F)(F)C1CCC(NCCOc2ccccc2)CC1. The average molecular weight is 287 g/mol. The van der Waals surface area contributed by atoms with Gasteiger partial charge in [-0.25, -0.2) is 0 Å². The maximum absolute atomic E-state index is 12.5. The summed E-state index contributed by atoms with van der Waals surface area (Å²) in [5.41, 5.74) is 0. The molecule has 0 radical (unpaired) electrons. The van der Waals surface area contributed by atoms with Gasteiger partial charge in [0.25, 0.3) is 0 Å². The van der Waals surface area contributed by atoms with Crippen molar-refractivity contribution in [3.05, 3.63) is 30.3 Å². The molecule has 0 unspecified atom stereocenters. The van der Waals surface area contributed by atoms with Gasteiger partial charge in [0.1, 0.15) is 12.4 Å². The molecular weight excluding hydrogens is 267 g/mol. The number of rotatable bonds is 5. The molecular formula is C15H20F3NO. The third-order valence-electron chi connectivity index (χ3n) is 3.74. The van der Waals surface area contributed by atoms with E-state index in [0.29, 0.717) is 26.0 Å². The minimum atomic E-state index is -4.03. The summed E-state index contributed by atoms with van der Waals surface area (Å²) in [4.78, 5) is 0. The molecule has 1 aliphatic carbocycles. The summed E-state index contributed by atoms with van der Waals surface area (Å²) in [7, 11) is 0. The van der Waals surface area contributed by atoms with Crippen LogP contribution in [0.2, 0.25) is 0 Å². The number of ether oxygens (including phenoxy) is 1. The van der Waals surface area contributed by atoms with Crippen molar-refractivity contribution in [3.63, 3.8) is 0 Å². The van der Waals surface area contributed by atoms with Gasteiger partial charge in [0.05, 0.1) is 5.92 Å². The summed E-state index contributed by atoms with van der Waals surface area (Å²) in [6, 6.07) is 9.68. The normalized spacial score (nSPS) is 23.6. The lowest BCUT2D eigenvalue weighted by atomic mass is 9.85. The summed E-state index contributed by atoms with van der Waals surface area (Å²) < 4.78 is 43.1. The molecule has 0 aromatic heterocycles. The second-order valence-electron chi connectivity index (χ2n) is 5.21. The Kier molecular flexibility index (Phi) is 5.29. The van der Waals surface area contributed by atoms with E-state index in [0.717, 1.165) is 5.75 Å². The lowest BCUT2D eigenvalue weighted by Gasteiger charge is -2.30. The highest BCUT2D eigenvalue weighted by molar-refractivity contribution is 5.20. The molecule has 112 valence electrons. The second kappa shape index (κ2) is 6.97. The Morgan fingerprint density at radius 3 is 2.30 bits per heavy atom. The highest BCUT2D eigenvalue weighted by Gasteiger charge is 2.41. The highest BCUT2D eigenvalue weighted by Crippen LogP contribution is 2.37. The Morgan fingerprint density at radius 1 is 1.05 bits per heavy atom. The molecule has 2 nitrogen and oxygen atoms in total. The van der Waals surface area contributed by atoms with Crippen molar-refractivity contribution in [2.75, 3.05) is 13.2 Å². The molecule has 5 heteroatoms. The molecule has 0 saturated heterocycles. The number of hydrogen-bond donors (Lipinski definition) is 1. The minimum absolute atomic E-state index is 0.188. The van der Waals surface area contributed by atoms with Gasteiger partial charge in [-0.3, -0.25) is 0 Å². The maximum Gasteiger partial charge on any atom is 0.391 e. The van der Waals surface area contributed by atoms with E-state index in [-0.39, 0.29) is 18.9 Å². The number of para-hydroxylation sites is 1. The van der Waals surface area contributed by atoms with E-state index >= 15 is 0 Å². The van der Waals surface area contributed by atoms with Gasteiger partial charge >= 0.3 is 6.18 Å². The van der Waals surface area contributed by atoms with Gasteiger partial charge in [-0.15, -0.1) is 0 Å². The van der Waals surface area contributed by atoms with Gasteiger partial charge < -0.3 is 10.1 Å². The Balaban J connectivity index is 1.60.